The van der Waals surface area contributed by atoms with E-state index in [-0.39, 0.29) is 11.5 Å². The highest BCUT2D eigenvalue weighted by molar-refractivity contribution is 7.92. The number of hydrogen-bond acceptors (Lipinski definition) is 4. The molecule has 6 heteroatoms. The van der Waals surface area contributed by atoms with Crippen LogP contribution in [0.25, 0.3) is 0 Å². The molecule has 0 unspecified atom stereocenters. The minimum absolute atomic E-state index is 0.0859. The fourth-order valence-corrected chi connectivity index (χ4v) is 2.66. The van der Waals surface area contributed by atoms with Gasteiger partial charge in [0.1, 0.15) is 0 Å². The molecule has 20 heavy (non-hydrogen) atoms. The van der Waals surface area contributed by atoms with Crippen molar-refractivity contribution in [2.75, 3.05) is 4.72 Å². The molecular weight excluding hydrogens is 276 g/mol. The van der Waals surface area contributed by atoms with Gasteiger partial charge in [0.05, 0.1) is 23.1 Å². The number of nitrogens with zero attached hydrogens (tertiary/aromatic N) is 1. The second-order valence-electron chi connectivity index (χ2n) is 4.10. The number of nitrogens with one attached hydrogen (secondary N) is 1. The van der Waals surface area contributed by atoms with Crippen LogP contribution in [0.3, 0.4) is 0 Å². The molecule has 2 N–H and O–H groups in total. The molecule has 5 nitrogen and oxygen atoms in total. The molecule has 0 saturated carbocycles. The number of benzene rings is 2. The molecule has 0 radical (unpaired) electrons. The predicted molar refractivity (Wildman–Crippen MR) is 74.3 cm³/mol. The summed E-state index contributed by atoms with van der Waals surface area (Å²) in [5, 5.41) is 17.6. The van der Waals surface area contributed by atoms with E-state index in [1.807, 2.05) is 6.07 Å². The first-order chi connectivity index (χ1) is 9.55. The van der Waals surface area contributed by atoms with Crippen LogP contribution in [0.1, 0.15) is 11.1 Å². The van der Waals surface area contributed by atoms with Gasteiger partial charge in [0.2, 0.25) is 0 Å². The van der Waals surface area contributed by atoms with Gasteiger partial charge in [-0.05, 0) is 42.0 Å². The molecule has 2 aromatic rings. The minimum Gasteiger partial charge on any atom is -0.392 e. The lowest BCUT2D eigenvalue weighted by Gasteiger charge is -2.08. The summed E-state index contributed by atoms with van der Waals surface area (Å²) in [6, 6.07) is 14.0. The first kappa shape index (κ1) is 14.1. The maximum Gasteiger partial charge on any atom is 0.261 e. The third-order valence-electron chi connectivity index (χ3n) is 2.68. The third-order valence-corrected chi connectivity index (χ3v) is 4.08. The summed E-state index contributed by atoms with van der Waals surface area (Å²) in [6.45, 7) is -0.0946. The van der Waals surface area contributed by atoms with Crippen molar-refractivity contribution in [2.45, 2.75) is 11.5 Å². The number of hydrogen-bond donors (Lipinski definition) is 2. The van der Waals surface area contributed by atoms with Crippen molar-refractivity contribution in [3.63, 3.8) is 0 Å². The van der Waals surface area contributed by atoms with E-state index in [4.69, 9.17) is 10.4 Å². The van der Waals surface area contributed by atoms with Crippen molar-refractivity contribution < 1.29 is 13.5 Å². The first-order valence-corrected chi connectivity index (χ1v) is 7.26. The average molecular weight is 288 g/mol. The van der Waals surface area contributed by atoms with Crippen molar-refractivity contribution in [2.24, 2.45) is 0 Å². The number of nitriles is 1. The summed E-state index contributed by atoms with van der Waals surface area (Å²) in [7, 11) is -3.68. The molecule has 0 saturated heterocycles. The Morgan fingerprint density at radius 1 is 1.05 bits per heavy atom. The van der Waals surface area contributed by atoms with E-state index in [2.05, 4.69) is 4.72 Å². The van der Waals surface area contributed by atoms with Gasteiger partial charge in [-0.3, -0.25) is 4.72 Å². The summed E-state index contributed by atoms with van der Waals surface area (Å²) < 4.78 is 26.7. The van der Waals surface area contributed by atoms with Crippen molar-refractivity contribution in [3.8, 4) is 6.07 Å². The van der Waals surface area contributed by atoms with Crippen molar-refractivity contribution in [3.05, 3.63) is 59.7 Å². The number of anilines is 1. The number of aliphatic hydroxyl groups is 1. The Balaban J connectivity index is 2.23. The van der Waals surface area contributed by atoms with E-state index >= 15 is 0 Å². The molecule has 0 aromatic heterocycles. The molecule has 0 bridgehead atoms. The lowest BCUT2D eigenvalue weighted by Crippen LogP contribution is -2.12. The fraction of sp³-hybridized carbons (Fsp3) is 0.0714. The van der Waals surface area contributed by atoms with Crippen LogP contribution < -0.4 is 4.72 Å². The van der Waals surface area contributed by atoms with Crippen molar-refractivity contribution >= 4 is 15.7 Å². The largest absolute Gasteiger partial charge is 0.392 e. The first-order valence-electron chi connectivity index (χ1n) is 5.78. The zero-order chi connectivity index (χ0) is 14.6. The molecule has 0 aliphatic carbocycles. The highest BCUT2D eigenvalue weighted by Crippen LogP contribution is 2.17. The van der Waals surface area contributed by atoms with E-state index in [1.54, 1.807) is 24.3 Å². The van der Waals surface area contributed by atoms with Crippen LogP contribution in [-0.2, 0) is 16.6 Å². The van der Waals surface area contributed by atoms with Gasteiger partial charge in [0.25, 0.3) is 10.0 Å². The molecule has 0 heterocycles. The molecule has 0 atom stereocenters. The molecule has 102 valence electrons. The molecule has 0 amide bonds. The van der Waals surface area contributed by atoms with Crippen LogP contribution in [0.2, 0.25) is 0 Å². The number of rotatable bonds is 4. The Bertz CT molecular complexity index is 729. The zero-order valence-electron chi connectivity index (χ0n) is 10.4. The van der Waals surface area contributed by atoms with E-state index in [0.29, 0.717) is 16.8 Å². The highest BCUT2D eigenvalue weighted by Gasteiger charge is 2.13. The lowest BCUT2D eigenvalue weighted by molar-refractivity contribution is 0.282. The Morgan fingerprint density at radius 3 is 2.15 bits per heavy atom. The van der Waals surface area contributed by atoms with E-state index < -0.39 is 10.0 Å². The second-order valence-corrected chi connectivity index (χ2v) is 5.78. The van der Waals surface area contributed by atoms with Gasteiger partial charge in [-0.1, -0.05) is 12.1 Å². The monoisotopic (exact) mass is 288 g/mol. The topological polar surface area (TPSA) is 90.2 Å². The molecule has 0 fully saturated rings. The van der Waals surface area contributed by atoms with Crippen LogP contribution in [0, 0.1) is 11.3 Å². The van der Waals surface area contributed by atoms with Gasteiger partial charge in [-0.15, -0.1) is 0 Å². The Kier molecular flexibility index (Phi) is 4.03. The fourth-order valence-electron chi connectivity index (χ4n) is 1.60. The predicted octanol–water partition coefficient (Wildman–Crippen LogP) is 1.85. The standard InChI is InChI=1S/C14H12N2O3S/c15-9-11-3-7-14(8-4-11)20(18,19)16-13-5-1-12(10-17)2-6-13/h1-8,16-17H,10H2. The van der Waals surface area contributed by atoms with E-state index in [0.717, 1.165) is 0 Å². The maximum absolute atomic E-state index is 12.1. The Labute approximate surface area is 117 Å². The van der Waals surface area contributed by atoms with Crippen LogP contribution in [-0.4, -0.2) is 13.5 Å². The van der Waals surface area contributed by atoms with Crippen molar-refractivity contribution in [1.82, 2.24) is 0 Å². The van der Waals surface area contributed by atoms with E-state index in [1.165, 1.54) is 24.3 Å². The Hall–Kier alpha value is -2.36. The zero-order valence-corrected chi connectivity index (χ0v) is 11.3. The van der Waals surface area contributed by atoms with Gasteiger partial charge >= 0.3 is 0 Å². The van der Waals surface area contributed by atoms with Gasteiger partial charge in [-0.25, -0.2) is 8.42 Å². The quantitative estimate of drug-likeness (QED) is 0.898. The minimum atomic E-state index is -3.68. The summed E-state index contributed by atoms with van der Waals surface area (Å²) in [5.41, 5.74) is 1.51. The average Bonchev–Trinajstić information content (AvgIpc) is 2.48. The van der Waals surface area contributed by atoms with E-state index in [9.17, 15) is 8.42 Å². The SMILES string of the molecule is N#Cc1ccc(S(=O)(=O)Nc2ccc(CO)cc2)cc1. The molecule has 0 aliphatic heterocycles. The number of sulfonamides is 1. The molecule has 2 rings (SSSR count). The van der Waals surface area contributed by atoms with Crippen LogP contribution in [0.4, 0.5) is 5.69 Å². The summed E-state index contributed by atoms with van der Waals surface area (Å²) in [4.78, 5) is 0.0859. The van der Waals surface area contributed by atoms with Crippen LogP contribution >= 0.6 is 0 Å². The highest BCUT2D eigenvalue weighted by atomic mass is 32.2. The van der Waals surface area contributed by atoms with Crippen LogP contribution in [0.5, 0.6) is 0 Å². The van der Waals surface area contributed by atoms with Gasteiger partial charge < -0.3 is 5.11 Å². The number of aliphatic hydroxyl groups excluding tert-OH is 1. The van der Waals surface area contributed by atoms with Crippen LogP contribution in [0.15, 0.2) is 53.4 Å². The smallest absolute Gasteiger partial charge is 0.261 e. The normalized spacial score (nSPS) is 10.8. The second kappa shape index (κ2) is 5.74. The van der Waals surface area contributed by atoms with Crippen molar-refractivity contribution in [1.29, 1.82) is 5.26 Å². The lowest BCUT2D eigenvalue weighted by atomic mass is 10.2. The van der Waals surface area contributed by atoms with Gasteiger partial charge in [0, 0.05) is 5.69 Å². The Morgan fingerprint density at radius 2 is 1.65 bits per heavy atom. The molecule has 2 aromatic carbocycles. The molecule has 0 aliphatic rings. The summed E-state index contributed by atoms with van der Waals surface area (Å²) in [5.74, 6) is 0. The third kappa shape index (κ3) is 3.15. The van der Waals surface area contributed by atoms with Gasteiger partial charge in [0.15, 0.2) is 0 Å². The summed E-state index contributed by atoms with van der Waals surface area (Å²) >= 11 is 0. The summed E-state index contributed by atoms with van der Waals surface area (Å²) in [6.07, 6.45) is 0. The maximum atomic E-state index is 12.1. The molecule has 0 spiro atoms. The van der Waals surface area contributed by atoms with Gasteiger partial charge in [-0.2, -0.15) is 5.26 Å². The molecular formula is C14H12N2O3S.